The number of carboxylic acids is 1. The molecule has 0 aliphatic carbocycles. The molecule has 1 aromatic rings. The van der Waals surface area contributed by atoms with Crippen LogP contribution in [0, 0.1) is 0 Å². The van der Waals surface area contributed by atoms with E-state index in [1.54, 1.807) is 6.92 Å². The van der Waals surface area contributed by atoms with Gasteiger partial charge < -0.3 is 15.3 Å². The van der Waals surface area contributed by atoms with Gasteiger partial charge in [-0.15, -0.1) is 0 Å². The number of aromatic hydroxyl groups is 2. The molecule has 0 aromatic heterocycles. The molecule has 2 rings (SSSR count). The fraction of sp³-hybridized carbons (Fsp3) is 0.500. The Labute approximate surface area is 112 Å². The van der Waals surface area contributed by atoms with E-state index in [0.717, 1.165) is 19.3 Å². The molecule has 1 atom stereocenters. The van der Waals surface area contributed by atoms with Crippen LogP contribution in [0.3, 0.4) is 0 Å². The standard InChI is InChI=1S/C14H19NO4/c1-14(13(18)19,15-5-3-2-4-6-15)10-7-11(16)9-12(17)8-10/h7-9,16-17H,2-6H2,1H3,(H,18,19). The maximum atomic E-state index is 11.7. The first-order valence-corrected chi connectivity index (χ1v) is 6.46. The second-order valence-electron chi connectivity index (χ2n) is 5.16. The number of rotatable bonds is 3. The molecule has 0 spiro atoms. The molecule has 0 amide bonds. The van der Waals surface area contributed by atoms with Gasteiger partial charge in [0.2, 0.25) is 0 Å². The zero-order chi connectivity index (χ0) is 14.0. The van der Waals surface area contributed by atoms with Gasteiger partial charge in [-0.3, -0.25) is 4.90 Å². The van der Waals surface area contributed by atoms with Crippen LogP contribution in [-0.4, -0.2) is 39.3 Å². The molecule has 1 aliphatic rings. The Kier molecular flexibility index (Phi) is 3.66. The topological polar surface area (TPSA) is 81.0 Å². The van der Waals surface area contributed by atoms with Crippen molar-refractivity contribution in [1.82, 2.24) is 4.90 Å². The molecule has 104 valence electrons. The van der Waals surface area contributed by atoms with Crippen LogP contribution in [0.25, 0.3) is 0 Å². The Balaban J connectivity index is 2.45. The molecule has 1 aliphatic heterocycles. The predicted molar refractivity (Wildman–Crippen MR) is 70.2 cm³/mol. The Bertz CT molecular complexity index is 462. The number of hydrogen-bond acceptors (Lipinski definition) is 4. The summed E-state index contributed by atoms with van der Waals surface area (Å²) in [6.07, 6.45) is 3.04. The lowest BCUT2D eigenvalue weighted by Crippen LogP contribution is -2.51. The Morgan fingerprint density at radius 3 is 2.11 bits per heavy atom. The van der Waals surface area contributed by atoms with Crippen molar-refractivity contribution in [2.45, 2.75) is 31.7 Å². The summed E-state index contributed by atoms with van der Waals surface area (Å²) in [7, 11) is 0. The van der Waals surface area contributed by atoms with E-state index in [9.17, 15) is 20.1 Å². The summed E-state index contributed by atoms with van der Waals surface area (Å²) in [6.45, 7) is 3.04. The second kappa shape index (κ2) is 5.09. The lowest BCUT2D eigenvalue weighted by Gasteiger charge is -2.40. The zero-order valence-electron chi connectivity index (χ0n) is 11.0. The summed E-state index contributed by atoms with van der Waals surface area (Å²) in [5.41, 5.74) is -0.823. The quantitative estimate of drug-likeness (QED) is 0.777. The molecule has 0 saturated carbocycles. The molecule has 5 nitrogen and oxygen atoms in total. The number of benzene rings is 1. The third-order valence-electron chi connectivity index (χ3n) is 3.87. The molecule has 5 heteroatoms. The summed E-state index contributed by atoms with van der Waals surface area (Å²) >= 11 is 0. The highest BCUT2D eigenvalue weighted by Gasteiger charge is 2.42. The molecular formula is C14H19NO4. The van der Waals surface area contributed by atoms with Crippen LogP contribution in [-0.2, 0) is 10.3 Å². The number of aliphatic carboxylic acids is 1. The molecule has 0 radical (unpaired) electrons. The van der Waals surface area contributed by atoms with Gasteiger partial charge >= 0.3 is 5.97 Å². The molecule has 1 heterocycles. The lowest BCUT2D eigenvalue weighted by molar-refractivity contribution is -0.152. The van der Waals surface area contributed by atoms with E-state index in [0.29, 0.717) is 18.7 Å². The minimum atomic E-state index is -1.23. The Hall–Kier alpha value is -1.75. The van der Waals surface area contributed by atoms with Crippen molar-refractivity contribution < 1.29 is 20.1 Å². The maximum absolute atomic E-state index is 11.7. The Morgan fingerprint density at radius 2 is 1.63 bits per heavy atom. The normalized spacial score (nSPS) is 19.8. The SMILES string of the molecule is CC(C(=O)O)(c1cc(O)cc(O)c1)N1CCCCC1. The van der Waals surface area contributed by atoms with Crippen LogP contribution < -0.4 is 0 Å². The van der Waals surface area contributed by atoms with Crippen LogP contribution in [0.4, 0.5) is 0 Å². The molecule has 1 unspecified atom stereocenters. The van der Waals surface area contributed by atoms with Crippen molar-refractivity contribution in [1.29, 1.82) is 0 Å². The van der Waals surface area contributed by atoms with Gasteiger partial charge in [0.15, 0.2) is 0 Å². The zero-order valence-corrected chi connectivity index (χ0v) is 11.0. The maximum Gasteiger partial charge on any atom is 0.328 e. The van der Waals surface area contributed by atoms with E-state index in [1.807, 2.05) is 4.90 Å². The number of hydrogen-bond donors (Lipinski definition) is 3. The van der Waals surface area contributed by atoms with Crippen LogP contribution >= 0.6 is 0 Å². The van der Waals surface area contributed by atoms with E-state index >= 15 is 0 Å². The highest BCUT2D eigenvalue weighted by Crippen LogP contribution is 2.35. The summed E-state index contributed by atoms with van der Waals surface area (Å²) in [5.74, 6) is -1.22. The van der Waals surface area contributed by atoms with E-state index in [-0.39, 0.29) is 11.5 Å². The second-order valence-corrected chi connectivity index (χ2v) is 5.16. The average Bonchev–Trinajstić information content (AvgIpc) is 2.37. The van der Waals surface area contributed by atoms with Crippen molar-refractivity contribution in [3.05, 3.63) is 23.8 Å². The molecule has 0 bridgehead atoms. The molecule has 1 saturated heterocycles. The molecule has 19 heavy (non-hydrogen) atoms. The molecule has 3 N–H and O–H groups in total. The van der Waals surface area contributed by atoms with Crippen molar-refractivity contribution in [2.75, 3.05) is 13.1 Å². The highest BCUT2D eigenvalue weighted by molar-refractivity contribution is 5.80. The van der Waals surface area contributed by atoms with Crippen LogP contribution in [0.15, 0.2) is 18.2 Å². The van der Waals surface area contributed by atoms with Gasteiger partial charge in [0.1, 0.15) is 17.0 Å². The van der Waals surface area contributed by atoms with Crippen LogP contribution in [0.5, 0.6) is 11.5 Å². The van der Waals surface area contributed by atoms with E-state index in [1.165, 1.54) is 18.2 Å². The summed E-state index contributed by atoms with van der Waals surface area (Å²) < 4.78 is 0. The molecular weight excluding hydrogens is 246 g/mol. The van der Waals surface area contributed by atoms with Crippen LogP contribution in [0.2, 0.25) is 0 Å². The fourth-order valence-electron chi connectivity index (χ4n) is 2.66. The van der Waals surface area contributed by atoms with Gasteiger partial charge in [-0.2, -0.15) is 0 Å². The third kappa shape index (κ3) is 2.51. The summed E-state index contributed by atoms with van der Waals surface area (Å²) in [4.78, 5) is 13.6. The monoisotopic (exact) mass is 265 g/mol. The number of phenolic OH excluding ortho intramolecular Hbond substituents is 2. The number of nitrogens with zero attached hydrogens (tertiary/aromatic N) is 1. The van der Waals surface area contributed by atoms with E-state index in [4.69, 9.17) is 0 Å². The fourth-order valence-corrected chi connectivity index (χ4v) is 2.66. The Morgan fingerprint density at radius 1 is 1.11 bits per heavy atom. The molecule has 1 aromatic carbocycles. The van der Waals surface area contributed by atoms with Gasteiger partial charge in [0, 0.05) is 6.07 Å². The first-order valence-electron chi connectivity index (χ1n) is 6.46. The van der Waals surface area contributed by atoms with Gasteiger partial charge in [-0.25, -0.2) is 4.79 Å². The lowest BCUT2D eigenvalue weighted by atomic mass is 9.88. The van der Waals surface area contributed by atoms with E-state index in [2.05, 4.69) is 0 Å². The summed E-state index contributed by atoms with van der Waals surface area (Å²) in [5, 5.41) is 28.7. The largest absolute Gasteiger partial charge is 0.508 e. The average molecular weight is 265 g/mol. The predicted octanol–water partition coefficient (Wildman–Crippen LogP) is 1.88. The summed E-state index contributed by atoms with van der Waals surface area (Å²) in [6, 6.07) is 4.01. The van der Waals surface area contributed by atoms with Gasteiger partial charge in [-0.1, -0.05) is 6.42 Å². The number of likely N-dealkylation sites (tertiary alicyclic amines) is 1. The van der Waals surface area contributed by atoms with Crippen molar-refractivity contribution in [2.24, 2.45) is 0 Å². The third-order valence-corrected chi connectivity index (χ3v) is 3.87. The van der Waals surface area contributed by atoms with E-state index < -0.39 is 11.5 Å². The van der Waals surface area contributed by atoms with Gasteiger partial charge in [-0.05, 0) is 50.6 Å². The van der Waals surface area contributed by atoms with Crippen LogP contribution in [0.1, 0.15) is 31.7 Å². The minimum Gasteiger partial charge on any atom is -0.508 e. The number of carbonyl (C=O) groups is 1. The number of piperidine rings is 1. The minimum absolute atomic E-state index is 0.125. The van der Waals surface area contributed by atoms with Gasteiger partial charge in [0.25, 0.3) is 0 Å². The molecule has 1 fully saturated rings. The van der Waals surface area contributed by atoms with Crippen molar-refractivity contribution in [3.63, 3.8) is 0 Å². The van der Waals surface area contributed by atoms with Crippen molar-refractivity contribution >= 4 is 5.97 Å². The highest BCUT2D eigenvalue weighted by atomic mass is 16.4. The van der Waals surface area contributed by atoms with Crippen molar-refractivity contribution in [3.8, 4) is 11.5 Å². The first kappa shape index (κ1) is 13.7. The smallest absolute Gasteiger partial charge is 0.328 e. The first-order chi connectivity index (χ1) is 8.94. The number of phenols is 2. The van der Waals surface area contributed by atoms with Gasteiger partial charge in [0.05, 0.1) is 0 Å². The number of carboxylic acid groups (broad SMARTS) is 1.